The smallest absolute Gasteiger partial charge is 0.193 e. The van der Waals surface area contributed by atoms with Gasteiger partial charge < -0.3 is 15.5 Å². The highest BCUT2D eigenvalue weighted by Crippen LogP contribution is 2.31. The van der Waals surface area contributed by atoms with Crippen molar-refractivity contribution in [1.29, 1.82) is 0 Å². The summed E-state index contributed by atoms with van der Waals surface area (Å²) in [5, 5.41) is 3.91. The van der Waals surface area contributed by atoms with E-state index in [1.54, 1.807) is 11.3 Å². The summed E-state index contributed by atoms with van der Waals surface area (Å²) in [7, 11) is 0. The number of guanidine groups is 1. The van der Waals surface area contributed by atoms with Crippen LogP contribution in [0.15, 0.2) is 76.1 Å². The third kappa shape index (κ3) is 4.23. The number of fused-ring (bicyclic) bond motifs is 1. The molecule has 0 saturated heterocycles. The molecule has 0 saturated carbocycles. The number of halogens is 1. The normalized spacial score (nSPS) is 11.3. The monoisotopic (exact) mass is 476 g/mol. The molecule has 0 unspecified atom stereocenters. The molecule has 0 aliphatic rings. The lowest BCUT2D eigenvalue weighted by Gasteiger charge is -2.04. The molecule has 5 nitrogen and oxygen atoms in total. The van der Waals surface area contributed by atoms with E-state index in [1.807, 2.05) is 60.7 Å². The fourth-order valence-electron chi connectivity index (χ4n) is 2.43. The molecule has 2 aromatic heterocycles. The molecule has 0 spiro atoms. The maximum absolute atomic E-state index is 5.91. The van der Waals surface area contributed by atoms with Crippen LogP contribution in [0.2, 0.25) is 0 Å². The highest BCUT2D eigenvalue weighted by molar-refractivity contribution is 14.0. The number of aromatic nitrogens is 1. The number of hydrogen-bond acceptors (Lipinski definition) is 4. The van der Waals surface area contributed by atoms with Crippen molar-refractivity contribution in [3.63, 3.8) is 0 Å². The Bertz CT molecular complexity index is 993. The van der Waals surface area contributed by atoms with Crippen LogP contribution in [0.3, 0.4) is 0 Å². The Morgan fingerprint density at radius 2 is 1.81 bits per heavy atom. The average molecular weight is 476 g/mol. The maximum atomic E-state index is 5.91. The molecule has 132 valence electrons. The maximum Gasteiger partial charge on any atom is 0.193 e. The van der Waals surface area contributed by atoms with Gasteiger partial charge in [-0.15, -0.1) is 35.3 Å². The lowest BCUT2D eigenvalue weighted by Crippen LogP contribution is -2.22. The predicted octanol–water partition coefficient (Wildman–Crippen LogP) is 5.10. The number of para-hydroxylation sites is 2. The SMILES string of the molecule is I.NC(=NCc1ccc(-c2nc3ccccc3s2)o1)Nc1ccccc1. The van der Waals surface area contributed by atoms with Crippen molar-refractivity contribution in [2.24, 2.45) is 10.7 Å². The predicted molar refractivity (Wildman–Crippen MR) is 118 cm³/mol. The van der Waals surface area contributed by atoms with E-state index in [4.69, 9.17) is 10.2 Å². The second-order valence-electron chi connectivity index (χ2n) is 5.45. The Balaban J connectivity index is 0.00000196. The van der Waals surface area contributed by atoms with Gasteiger partial charge >= 0.3 is 0 Å². The minimum Gasteiger partial charge on any atom is -0.457 e. The van der Waals surface area contributed by atoms with Gasteiger partial charge in [0.25, 0.3) is 0 Å². The molecule has 0 radical (unpaired) electrons. The van der Waals surface area contributed by atoms with E-state index in [9.17, 15) is 0 Å². The first-order valence-electron chi connectivity index (χ1n) is 7.84. The summed E-state index contributed by atoms with van der Waals surface area (Å²) in [6.45, 7) is 0.372. The van der Waals surface area contributed by atoms with Crippen LogP contribution >= 0.6 is 35.3 Å². The Kier molecular flexibility index (Phi) is 5.89. The van der Waals surface area contributed by atoms with E-state index in [1.165, 1.54) is 0 Å². The molecule has 0 aliphatic carbocycles. The fourth-order valence-corrected chi connectivity index (χ4v) is 3.35. The number of nitrogens with one attached hydrogen (secondary N) is 1. The lowest BCUT2D eigenvalue weighted by atomic mass is 10.3. The van der Waals surface area contributed by atoms with Gasteiger partial charge in [-0.25, -0.2) is 9.98 Å². The van der Waals surface area contributed by atoms with Crippen LogP contribution in [0.4, 0.5) is 5.69 Å². The molecular weight excluding hydrogens is 459 g/mol. The molecule has 0 bridgehead atoms. The molecule has 0 atom stereocenters. The van der Waals surface area contributed by atoms with Gasteiger partial charge in [0, 0.05) is 5.69 Å². The van der Waals surface area contributed by atoms with Crippen LogP contribution in [-0.2, 0) is 6.54 Å². The van der Waals surface area contributed by atoms with E-state index >= 15 is 0 Å². The van der Waals surface area contributed by atoms with Crippen LogP contribution in [0.25, 0.3) is 21.0 Å². The zero-order valence-electron chi connectivity index (χ0n) is 13.8. The van der Waals surface area contributed by atoms with Crippen molar-refractivity contribution in [2.45, 2.75) is 6.54 Å². The number of nitrogens with two attached hydrogens (primary N) is 1. The first kappa shape index (κ1) is 18.4. The number of hydrogen-bond donors (Lipinski definition) is 2. The van der Waals surface area contributed by atoms with Gasteiger partial charge in [-0.1, -0.05) is 30.3 Å². The summed E-state index contributed by atoms with van der Waals surface area (Å²) in [4.78, 5) is 8.91. The second-order valence-corrected chi connectivity index (χ2v) is 6.48. The molecular formula is C19H17IN4OS. The Hall–Kier alpha value is -2.39. The van der Waals surface area contributed by atoms with Crippen molar-refractivity contribution in [2.75, 3.05) is 5.32 Å². The number of nitrogens with zero attached hydrogens (tertiary/aromatic N) is 2. The topological polar surface area (TPSA) is 76.4 Å². The van der Waals surface area contributed by atoms with Crippen LogP contribution in [-0.4, -0.2) is 10.9 Å². The van der Waals surface area contributed by atoms with Gasteiger partial charge in [-0.05, 0) is 36.4 Å². The summed E-state index contributed by atoms with van der Waals surface area (Å²) in [6.07, 6.45) is 0. The number of benzene rings is 2. The molecule has 2 heterocycles. The Labute approximate surface area is 172 Å². The molecule has 0 amide bonds. The molecule has 2 aromatic carbocycles. The standard InChI is InChI=1S/C19H16N4OS.HI/c20-19(22-13-6-2-1-3-7-13)21-12-14-10-11-16(24-14)18-23-15-8-4-5-9-17(15)25-18;/h1-11H,12H2,(H3,20,21,22);1H. The first-order valence-corrected chi connectivity index (χ1v) is 8.66. The zero-order chi connectivity index (χ0) is 17.1. The summed E-state index contributed by atoms with van der Waals surface area (Å²) in [5.41, 5.74) is 7.79. The fraction of sp³-hybridized carbons (Fsp3) is 0.0526. The van der Waals surface area contributed by atoms with Crippen molar-refractivity contribution in [3.8, 4) is 10.8 Å². The van der Waals surface area contributed by atoms with Gasteiger partial charge in [-0.2, -0.15) is 0 Å². The average Bonchev–Trinajstić information content (AvgIpc) is 3.27. The van der Waals surface area contributed by atoms with Gasteiger partial charge in [0.05, 0.1) is 10.2 Å². The van der Waals surface area contributed by atoms with Crippen molar-refractivity contribution >= 4 is 57.2 Å². The van der Waals surface area contributed by atoms with Gasteiger partial charge in [0.15, 0.2) is 16.7 Å². The highest BCUT2D eigenvalue weighted by Gasteiger charge is 2.10. The molecule has 26 heavy (non-hydrogen) atoms. The molecule has 0 fully saturated rings. The Morgan fingerprint density at radius 3 is 2.62 bits per heavy atom. The van der Waals surface area contributed by atoms with E-state index < -0.39 is 0 Å². The number of furan rings is 1. The molecule has 4 aromatic rings. The quantitative estimate of drug-likeness (QED) is 0.244. The number of rotatable bonds is 4. The van der Waals surface area contributed by atoms with Crippen LogP contribution in [0, 0.1) is 0 Å². The summed E-state index contributed by atoms with van der Waals surface area (Å²) < 4.78 is 7.00. The highest BCUT2D eigenvalue weighted by atomic mass is 127. The third-order valence-corrected chi connectivity index (χ3v) is 4.67. The van der Waals surface area contributed by atoms with Crippen LogP contribution in [0.5, 0.6) is 0 Å². The summed E-state index contributed by atoms with van der Waals surface area (Å²) in [6, 6.07) is 21.6. The molecule has 4 rings (SSSR count). The van der Waals surface area contributed by atoms with E-state index in [2.05, 4.69) is 21.4 Å². The van der Waals surface area contributed by atoms with Gasteiger partial charge in [-0.3, -0.25) is 0 Å². The summed E-state index contributed by atoms with van der Waals surface area (Å²) >= 11 is 1.61. The number of anilines is 1. The minimum atomic E-state index is 0. The zero-order valence-corrected chi connectivity index (χ0v) is 16.9. The first-order chi connectivity index (χ1) is 12.3. The van der Waals surface area contributed by atoms with Crippen LogP contribution in [0.1, 0.15) is 5.76 Å². The number of thiazole rings is 1. The van der Waals surface area contributed by atoms with Crippen molar-refractivity contribution in [3.05, 3.63) is 72.5 Å². The van der Waals surface area contributed by atoms with Gasteiger partial charge in [0.2, 0.25) is 0 Å². The summed E-state index contributed by atoms with van der Waals surface area (Å²) in [5.74, 6) is 1.84. The van der Waals surface area contributed by atoms with E-state index in [0.29, 0.717) is 12.5 Å². The Morgan fingerprint density at radius 1 is 1.04 bits per heavy atom. The van der Waals surface area contributed by atoms with E-state index in [-0.39, 0.29) is 24.0 Å². The van der Waals surface area contributed by atoms with E-state index in [0.717, 1.165) is 32.4 Å². The van der Waals surface area contributed by atoms with Crippen molar-refractivity contribution < 1.29 is 4.42 Å². The molecule has 7 heteroatoms. The minimum absolute atomic E-state index is 0. The van der Waals surface area contributed by atoms with Crippen molar-refractivity contribution in [1.82, 2.24) is 4.98 Å². The van der Waals surface area contributed by atoms with Gasteiger partial charge in [0.1, 0.15) is 12.3 Å². The lowest BCUT2D eigenvalue weighted by molar-refractivity contribution is 0.525. The van der Waals surface area contributed by atoms with Crippen LogP contribution < -0.4 is 11.1 Å². The molecule has 3 N–H and O–H groups in total. The second kappa shape index (κ2) is 8.33. The molecule has 0 aliphatic heterocycles. The number of aliphatic imine (C=N–C) groups is 1. The largest absolute Gasteiger partial charge is 0.457 e. The third-order valence-electron chi connectivity index (χ3n) is 3.62.